The van der Waals surface area contributed by atoms with E-state index in [2.05, 4.69) is 18.8 Å². The van der Waals surface area contributed by atoms with Crippen LogP contribution in [0.5, 0.6) is 0 Å². The van der Waals surface area contributed by atoms with Crippen LogP contribution in [-0.2, 0) is 0 Å². The minimum absolute atomic E-state index is 0.547. The van der Waals surface area contributed by atoms with Crippen LogP contribution in [-0.4, -0.2) is 12.8 Å². The number of hydrogen-bond acceptors (Lipinski definition) is 1. The quantitative estimate of drug-likeness (QED) is 0.542. The van der Waals surface area contributed by atoms with E-state index in [4.69, 9.17) is 0 Å². The Morgan fingerprint density at radius 1 is 1.27 bits per heavy atom. The first kappa shape index (κ1) is 13.0. The third-order valence-corrected chi connectivity index (χ3v) is 1.19. The smallest absolute Gasteiger partial charge is 0.0366 e. The monoisotopic (exact) mass is 155 g/mol. The van der Waals surface area contributed by atoms with E-state index in [0.29, 0.717) is 5.92 Å². The number of nitrogens with zero attached hydrogens (tertiary/aromatic N) is 1. The van der Waals surface area contributed by atoms with Crippen molar-refractivity contribution < 1.29 is 0 Å². The summed E-state index contributed by atoms with van der Waals surface area (Å²) in [6.07, 6.45) is 4.06. The minimum atomic E-state index is 0.547. The van der Waals surface area contributed by atoms with Crippen molar-refractivity contribution in [1.82, 2.24) is 0 Å². The molecule has 66 valence electrons. The van der Waals surface area contributed by atoms with Crippen LogP contribution < -0.4 is 0 Å². The topological polar surface area (TPSA) is 12.4 Å². The molecule has 11 heavy (non-hydrogen) atoms. The van der Waals surface area contributed by atoms with Gasteiger partial charge in [-0.3, -0.25) is 4.99 Å². The molecule has 0 aromatic rings. The molecule has 0 N–H and O–H groups in total. The number of rotatable bonds is 2. The van der Waals surface area contributed by atoms with Gasteiger partial charge in [0, 0.05) is 12.8 Å². The van der Waals surface area contributed by atoms with E-state index >= 15 is 0 Å². The molecule has 0 aliphatic heterocycles. The van der Waals surface area contributed by atoms with Gasteiger partial charge in [0.25, 0.3) is 0 Å². The van der Waals surface area contributed by atoms with Crippen molar-refractivity contribution in [2.75, 3.05) is 7.05 Å². The van der Waals surface area contributed by atoms with Crippen molar-refractivity contribution in [3.8, 4) is 0 Å². The Morgan fingerprint density at radius 2 is 1.73 bits per heavy atom. The van der Waals surface area contributed by atoms with Crippen LogP contribution in [0.3, 0.4) is 0 Å². The fourth-order valence-corrected chi connectivity index (χ4v) is 0.696. The van der Waals surface area contributed by atoms with Gasteiger partial charge in [0.1, 0.15) is 0 Å². The summed E-state index contributed by atoms with van der Waals surface area (Å²) in [6.45, 7) is 10.3. The van der Waals surface area contributed by atoms with Crippen LogP contribution in [0.1, 0.15) is 34.6 Å². The Labute approximate surface area is 71.2 Å². The summed E-state index contributed by atoms with van der Waals surface area (Å²) >= 11 is 0. The van der Waals surface area contributed by atoms with E-state index in [1.54, 1.807) is 0 Å². The predicted octanol–water partition coefficient (Wildman–Crippen LogP) is 3.32. The summed E-state index contributed by atoms with van der Waals surface area (Å²) in [7, 11) is 1.83. The molecule has 0 amide bonds. The van der Waals surface area contributed by atoms with Crippen molar-refractivity contribution in [1.29, 1.82) is 0 Å². The molecular weight excluding hydrogens is 134 g/mol. The zero-order valence-corrected chi connectivity index (χ0v) is 8.68. The largest absolute Gasteiger partial charge is 0.293 e. The molecule has 0 fully saturated rings. The highest BCUT2D eigenvalue weighted by Gasteiger charge is 1.96. The normalized spacial score (nSPS) is 11.7. The van der Waals surface area contributed by atoms with E-state index in [-0.39, 0.29) is 0 Å². The predicted molar refractivity (Wildman–Crippen MR) is 54.4 cm³/mol. The van der Waals surface area contributed by atoms with Crippen LogP contribution in [0.2, 0.25) is 0 Å². The lowest BCUT2D eigenvalue weighted by Gasteiger charge is -2.01. The number of allylic oxidation sites excluding steroid dienone is 2. The second-order valence-electron chi connectivity index (χ2n) is 2.30. The second kappa shape index (κ2) is 9.41. The first-order chi connectivity index (χ1) is 5.22. The van der Waals surface area contributed by atoms with Crippen molar-refractivity contribution in [3.05, 3.63) is 12.2 Å². The molecule has 0 aliphatic rings. The molecule has 1 nitrogen and oxygen atoms in total. The standard InChI is InChI=1S/C8H15N.C2H6/c1-5-6-8(9-4)7(2)3;1-2/h5-7H,1-4H3;1-2H3/b6-5-,9-8?;. The molecule has 0 heterocycles. The average Bonchev–Trinajstić information content (AvgIpc) is 2.03. The Kier molecular flexibility index (Phi) is 11.1. The van der Waals surface area contributed by atoms with E-state index in [0.717, 1.165) is 5.71 Å². The molecule has 0 spiro atoms. The molecule has 0 aromatic heterocycles. The Morgan fingerprint density at radius 3 is 1.82 bits per heavy atom. The van der Waals surface area contributed by atoms with Gasteiger partial charge in [0.2, 0.25) is 0 Å². The summed E-state index contributed by atoms with van der Waals surface area (Å²) in [4.78, 5) is 4.11. The van der Waals surface area contributed by atoms with Gasteiger partial charge in [-0.25, -0.2) is 0 Å². The van der Waals surface area contributed by atoms with Gasteiger partial charge in [-0.1, -0.05) is 33.8 Å². The van der Waals surface area contributed by atoms with Gasteiger partial charge < -0.3 is 0 Å². The maximum Gasteiger partial charge on any atom is 0.0366 e. The molecule has 0 radical (unpaired) electrons. The van der Waals surface area contributed by atoms with Crippen molar-refractivity contribution in [2.45, 2.75) is 34.6 Å². The fourth-order valence-electron chi connectivity index (χ4n) is 0.696. The highest BCUT2D eigenvalue weighted by molar-refractivity contribution is 5.96. The van der Waals surface area contributed by atoms with Gasteiger partial charge >= 0.3 is 0 Å². The van der Waals surface area contributed by atoms with E-state index in [9.17, 15) is 0 Å². The summed E-state index contributed by atoms with van der Waals surface area (Å²) in [5, 5.41) is 0. The number of aliphatic imine (C=N–C) groups is 1. The SMILES string of the molecule is C/C=C\C(=NC)C(C)C.CC. The lowest BCUT2D eigenvalue weighted by atomic mass is 10.1. The maximum absolute atomic E-state index is 4.11. The van der Waals surface area contributed by atoms with Gasteiger partial charge in [0.15, 0.2) is 0 Å². The van der Waals surface area contributed by atoms with Gasteiger partial charge in [-0.05, 0) is 18.9 Å². The first-order valence-corrected chi connectivity index (χ1v) is 4.31. The summed E-state index contributed by atoms with van der Waals surface area (Å²) in [6, 6.07) is 0. The van der Waals surface area contributed by atoms with E-state index in [1.807, 2.05) is 40.0 Å². The molecular formula is C10H21N. The van der Waals surface area contributed by atoms with Gasteiger partial charge in [-0.15, -0.1) is 0 Å². The van der Waals surface area contributed by atoms with Crippen LogP contribution in [0.15, 0.2) is 17.1 Å². The molecule has 1 heteroatoms. The van der Waals surface area contributed by atoms with Crippen LogP contribution in [0.25, 0.3) is 0 Å². The van der Waals surface area contributed by atoms with Crippen LogP contribution in [0, 0.1) is 5.92 Å². The molecule has 0 unspecified atom stereocenters. The lowest BCUT2D eigenvalue weighted by molar-refractivity contribution is 0.886. The average molecular weight is 155 g/mol. The summed E-state index contributed by atoms with van der Waals surface area (Å²) in [5.74, 6) is 0.547. The van der Waals surface area contributed by atoms with Crippen molar-refractivity contribution in [3.63, 3.8) is 0 Å². The Balaban J connectivity index is 0. The van der Waals surface area contributed by atoms with Gasteiger partial charge in [-0.2, -0.15) is 0 Å². The third kappa shape index (κ3) is 7.31. The molecule has 0 rings (SSSR count). The second-order valence-corrected chi connectivity index (χ2v) is 2.30. The van der Waals surface area contributed by atoms with Crippen molar-refractivity contribution >= 4 is 5.71 Å². The molecule has 0 aliphatic carbocycles. The third-order valence-electron chi connectivity index (χ3n) is 1.19. The van der Waals surface area contributed by atoms with E-state index in [1.165, 1.54) is 0 Å². The summed E-state index contributed by atoms with van der Waals surface area (Å²) in [5.41, 5.74) is 1.16. The maximum atomic E-state index is 4.11. The van der Waals surface area contributed by atoms with Crippen LogP contribution in [0.4, 0.5) is 0 Å². The zero-order valence-electron chi connectivity index (χ0n) is 8.68. The molecule has 0 bridgehead atoms. The highest BCUT2D eigenvalue weighted by atomic mass is 14.7. The fraction of sp³-hybridized carbons (Fsp3) is 0.700. The van der Waals surface area contributed by atoms with Crippen LogP contribution >= 0.6 is 0 Å². The molecule has 0 saturated carbocycles. The lowest BCUT2D eigenvalue weighted by Crippen LogP contribution is -2.02. The van der Waals surface area contributed by atoms with Crippen molar-refractivity contribution in [2.24, 2.45) is 10.9 Å². The summed E-state index contributed by atoms with van der Waals surface area (Å²) < 4.78 is 0. The minimum Gasteiger partial charge on any atom is -0.293 e. The first-order valence-electron chi connectivity index (χ1n) is 4.31. The molecule has 0 saturated heterocycles. The zero-order chi connectivity index (χ0) is 9.28. The van der Waals surface area contributed by atoms with E-state index < -0.39 is 0 Å². The Bertz CT molecular complexity index is 121. The highest BCUT2D eigenvalue weighted by Crippen LogP contribution is 1.97. The molecule has 0 aromatic carbocycles. The Hall–Kier alpha value is -0.590. The van der Waals surface area contributed by atoms with Gasteiger partial charge in [0.05, 0.1) is 0 Å². The molecule has 0 atom stereocenters. The number of hydrogen-bond donors (Lipinski definition) is 0.